The monoisotopic (exact) mass is 718 g/mol. The van der Waals surface area contributed by atoms with Gasteiger partial charge in [-0.25, -0.2) is 0 Å². The van der Waals surface area contributed by atoms with Gasteiger partial charge >= 0.3 is 0 Å². The summed E-state index contributed by atoms with van der Waals surface area (Å²) in [5.41, 5.74) is 20.1. The molecule has 0 fully saturated rings. The summed E-state index contributed by atoms with van der Waals surface area (Å²) < 4.78 is 2.40. The molecule has 2 nitrogen and oxygen atoms in total. The van der Waals surface area contributed by atoms with E-state index in [-0.39, 0.29) is 10.8 Å². The van der Waals surface area contributed by atoms with Crippen LogP contribution in [0.15, 0.2) is 182 Å². The van der Waals surface area contributed by atoms with Crippen LogP contribution in [-0.4, -0.2) is 4.57 Å². The fourth-order valence-electron chi connectivity index (χ4n) is 10.2. The second-order valence-electron chi connectivity index (χ2n) is 16.5. The van der Waals surface area contributed by atoms with E-state index in [0.717, 1.165) is 11.4 Å². The molecular weight excluding hydrogens is 677 g/mol. The van der Waals surface area contributed by atoms with Gasteiger partial charge in [0.25, 0.3) is 0 Å². The summed E-state index contributed by atoms with van der Waals surface area (Å²) in [7, 11) is 0. The van der Waals surface area contributed by atoms with Crippen molar-refractivity contribution >= 4 is 38.9 Å². The molecule has 2 heteroatoms. The Morgan fingerprint density at radius 2 is 0.982 bits per heavy atom. The molecule has 8 aromatic carbocycles. The summed E-state index contributed by atoms with van der Waals surface area (Å²) in [5.74, 6) is 0. The Hall–Kier alpha value is -6.64. The van der Waals surface area contributed by atoms with Crippen LogP contribution >= 0.6 is 0 Å². The van der Waals surface area contributed by atoms with Gasteiger partial charge in [-0.3, -0.25) is 0 Å². The Labute approximate surface area is 328 Å². The molecule has 2 aliphatic rings. The third kappa shape index (κ3) is 4.56. The van der Waals surface area contributed by atoms with Crippen molar-refractivity contribution in [3.8, 4) is 39.1 Å². The minimum Gasteiger partial charge on any atom is -0.310 e. The molecule has 1 aromatic heterocycles. The summed E-state index contributed by atoms with van der Waals surface area (Å²) in [4.78, 5) is 2.51. The second kappa shape index (κ2) is 11.9. The van der Waals surface area contributed by atoms with Crippen LogP contribution in [0.4, 0.5) is 17.1 Å². The van der Waals surface area contributed by atoms with E-state index in [9.17, 15) is 0 Å². The van der Waals surface area contributed by atoms with Gasteiger partial charge in [-0.05, 0) is 110 Å². The van der Waals surface area contributed by atoms with Crippen LogP contribution in [0.2, 0.25) is 0 Å². The van der Waals surface area contributed by atoms with Crippen molar-refractivity contribution < 1.29 is 0 Å². The topological polar surface area (TPSA) is 8.17 Å². The quantitative estimate of drug-likeness (QED) is 0.172. The van der Waals surface area contributed by atoms with E-state index in [1.807, 2.05) is 0 Å². The van der Waals surface area contributed by atoms with Gasteiger partial charge in [-0.15, -0.1) is 0 Å². The molecule has 268 valence electrons. The highest BCUT2D eigenvalue weighted by molar-refractivity contribution is 6.15. The largest absolute Gasteiger partial charge is 0.310 e. The maximum Gasteiger partial charge on any atom is 0.0547 e. The highest BCUT2D eigenvalue weighted by Gasteiger charge is 2.40. The van der Waals surface area contributed by atoms with Crippen LogP contribution in [0.3, 0.4) is 0 Å². The first-order valence-electron chi connectivity index (χ1n) is 19.8. The van der Waals surface area contributed by atoms with Crippen molar-refractivity contribution in [2.45, 2.75) is 38.5 Å². The molecule has 0 aliphatic heterocycles. The number of para-hydroxylation sites is 2. The molecule has 11 rings (SSSR count). The lowest BCUT2D eigenvalue weighted by molar-refractivity contribution is 0.660. The van der Waals surface area contributed by atoms with Gasteiger partial charge < -0.3 is 9.47 Å². The molecule has 2 aliphatic carbocycles. The average molecular weight is 719 g/mol. The van der Waals surface area contributed by atoms with E-state index < -0.39 is 0 Å². The van der Waals surface area contributed by atoms with Crippen molar-refractivity contribution in [2.24, 2.45) is 0 Å². The number of rotatable bonds is 5. The molecular formula is C54H42N2. The molecule has 0 radical (unpaired) electrons. The van der Waals surface area contributed by atoms with Crippen molar-refractivity contribution in [3.63, 3.8) is 0 Å². The molecule has 0 amide bonds. The minimum atomic E-state index is -0.172. The van der Waals surface area contributed by atoms with Crippen LogP contribution in [0.25, 0.3) is 60.9 Å². The third-order valence-corrected chi connectivity index (χ3v) is 12.8. The first-order valence-corrected chi connectivity index (χ1v) is 19.8. The molecule has 0 N–H and O–H groups in total. The maximum absolute atomic E-state index is 2.51. The summed E-state index contributed by atoms with van der Waals surface area (Å²) in [6.07, 6.45) is 0. The average Bonchev–Trinajstić information content (AvgIpc) is 3.79. The molecule has 0 atom stereocenters. The normalized spacial score (nSPS) is 14.4. The Morgan fingerprint density at radius 1 is 0.411 bits per heavy atom. The SMILES string of the molecule is CC1(C)c2ccccc2-c2cc(N(c3ccc(-c4cccc5c4c4ccccc4n5-c4ccccc4)cc3)c3cccc4c3C(C)(C)c3ccccc3-4)ccc21. The highest BCUT2D eigenvalue weighted by Crippen LogP contribution is 2.56. The molecule has 0 bridgehead atoms. The Balaban J connectivity index is 1.11. The zero-order valence-electron chi connectivity index (χ0n) is 32.2. The minimum absolute atomic E-state index is 0.0563. The molecule has 0 saturated heterocycles. The van der Waals surface area contributed by atoms with E-state index in [2.05, 4.69) is 219 Å². The first-order chi connectivity index (χ1) is 27.3. The van der Waals surface area contributed by atoms with Crippen LogP contribution in [0.1, 0.15) is 49.9 Å². The summed E-state index contributed by atoms with van der Waals surface area (Å²) >= 11 is 0. The van der Waals surface area contributed by atoms with E-state index in [4.69, 9.17) is 0 Å². The van der Waals surface area contributed by atoms with Gasteiger partial charge in [-0.2, -0.15) is 0 Å². The zero-order chi connectivity index (χ0) is 37.8. The van der Waals surface area contributed by atoms with E-state index in [1.54, 1.807) is 0 Å². The molecule has 0 unspecified atom stereocenters. The fourth-order valence-corrected chi connectivity index (χ4v) is 10.2. The number of benzene rings is 8. The standard InChI is InChI=1S/C54H42N2/c1-53(2)45-23-11-9-19-41(45)44-34-38(32-33-47(44)53)55(50-27-15-22-42-40-18-8-12-24-46(40)54(3,4)52(42)50)37-30-28-35(29-31-37)39-21-14-26-49-51(39)43-20-10-13-25-48(43)56(49)36-16-6-5-7-17-36/h5-34H,1-4H3. The lowest BCUT2D eigenvalue weighted by atomic mass is 9.81. The first kappa shape index (κ1) is 32.8. The number of nitrogens with zero attached hydrogens (tertiary/aromatic N) is 2. The van der Waals surface area contributed by atoms with Gasteiger partial charge in [0.1, 0.15) is 0 Å². The van der Waals surface area contributed by atoms with Crippen molar-refractivity contribution in [1.29, 1.82) is 0 Å². The van der Waals surface area contributed by atoms with Crippen LogP contribution in [-0.2, 0) is 10.8 Å². The number of hydrogen-bond acceptors (Lipinski definition) is 1. The molecule has 1 heterocycles. The lowest BCUT2D eigenvalue weighted by Gasteiger charge is -2.32. The van der Waals surface area contributed by atoms with Crippen molar-refractivity contribution in [3.05, 3.63) is 204 Å². The van der Waals surface area contributed by atoms with E-state index in [0.29, 0.717) is 0 Å². The number of aromatic nitrogens is 1. The second-order valence-corrected chi connectivity index (χ2v) is 16.5. The molecule has 9 aromatic rings. The highest BCUT2D eigenvalue weighted by atomic mass is 15.1. The van der Waals surface area contributed by atoms with E-state index in [1.165, 1.54) is 88.8 Å². The van der Waals surface area contributed by atoms with Gasteiger partial charge in [0.05, 0.1) is 16.7 Å². The Bertz CT molecular complexity index is 3020. The van der Waals surface area contributed by atoms with Crippen LogP contribution in [0, 0.1) is 0 Å². The lowest BCUT2D eigenvalue weighted by Crippen LogP contribution is -2.21. The number of fused-ring (bicyclic) bond motifs is 9. The molecule has 0 saturated carbocycles. The molecule has 56 heavy (non-hydrogen) atoms. The summed E-state index contributed by atoms with van der Waals surface area (Å²) in [5, 5.41) is 2.53. The predicted octanol–water partition coefficient (Wildman–Crippen LogP) is 14.5. The van der Waals surface area contributed by atoms with Crippen LogP contribution in [0.5, 0.6) is 0 Å². The van der Waals surface area contributed by atoms with E-state index >= 15 is 0 Å². The van der Waals surface area contributed by atoms with Crippen molar-refractivity contribution in [2.75, 3.05) is 4.90 Å². The predicted molar refractivity (Wildman–Crippen MR) is 236 cm³/mol. The van der Waals surface area contributed by atoms with Gasteiger partial charge in [0.2, 0.25) is 0 Å². The van der Waals surface area contributed by atoms with Crippen molar-refractivity contribution in [1.82, 2.24) is 4.57 Å². The Morgan fingerprint density at radius 3 is 1.77 bits per heavy atom. The number of hydrogen-bond donors (Lipinski definition) is 0. The molecule has 0 spiro atoms. The number of anilines is 3. The zero-order valence-corrected chi connectivity index (χ0v) is 32.2. The summed E-state index contributed by atoms with van der Waals surface area (Å²) in [6.45, 7) is 9.48. The van der Waals surface area contributed by atoms with Crippen LogP contribution < -0.4 is 4.90 Å². The maximum atomic E-state index is 2.51. The van der Waals surface area contributed by atoms with Gasteiger partial charge in [0, 0.05) is 38.7 Å². The smallest absolute Gasteiger partial charge is 0.0547 e. The fraction of sp³-hybridized carbons (Fsp3) is 0.111. The summed E-state index contributed by atoms with van der Waals surface area (Å²) in [6, 6.07) is 67.4. The van der Waals surface area contributed by atoms with Gasteiger partial charge in [0.15, 0.2) is 0 Å². The van der Waals surface area contributed by atoms with Gasteiger partial charge in [-0.1, -0.05) is 155 Å². The third-order valence-electron chi connectivity index (χ3n) is 12.8. The Kier molecular flexibility index (Phi) is 6.98.